The maximum Gasteiger partial charge on any atom is 0.220 e. The van der Waals surface area contributed by atoms with Gasteiger partial charge in [-0.05, 0) is 136 Å². The summed E-state index contributed by atoms with van der Waals surface area (Å²) in [7, 11) is 0. The van der Waals surface area contributed by atoms with Crippen molar-refractivity contribution in [2.75, 3.05) is 4.90 Å². The molecule has 0 bridgehead atoms. The van der Waals surface area contributed by atoms with Crippen molar-refractivity contribution in [3.63, 3.8) is 0 Å². The summed E-state index contributed by atoms with van der Waals surface area (Å²) >= 11 is 0. The molecule has 0 unspecified atom stereocenters. The highest BCUT2D eigenvalue weighted by Gasteiger charge is 2.36. The van der Waals surface area contributed by atoms with Crippen LogP contribution in [0.1, 0.15) is 25.0 Å². The van der Waals surface area contributed by atoms with Crippen molar-refractivity contribution in [1.29, 1.82) is 0 Å². The molecule has 1 aliphatic rings. The molecule has 69 heavy (non-hydrogen) atoms. The first-order valence-electron chi connectivity index (χ1n) is 23.8. The Morgan fingerprint density at radius 3 is 1.64 bits per heavy atom. The Morgan fingerprint density at radius 2 is 0.942 bits per heavy atom. The van der Waals surface area contributed by atoms with Crippen LogP contribution in [0.4, 0.5) is 17.1 Å². The van der Waals surface area contributed by atoms with Crippen LogP contribution in [0.3, 0.4) is 0 Å². The molecular formula is C64H45N5. The first-order valence-corrected chi connectivity index (χ1v) is 23.8. The summed E-state index contributed by atoms with van der Waals surface area (Å²) in [6.07, 6.45) is 0. The molecule has 5 heteroatoms. The van der Waals surface area contributed by atoms with Gasteiger partial charge < -0.3 is 9.47 Å². The van der Waals surface area contributed by atoms with Gasteiger partial charge >= 0.3 is 0 Å². The van der Waals surface area contributed by atoms with Crippen LogP contribution in [0.15, 0.2) is 237 Å². The van der Waals surface area contributed by atoms with E-state index in [-0.39, 0.29) is 5.41 Å². The second-order valence-electron chi connectivity index (χ2n) is 18.9. The van der Waals surface area contributed by atoms with E-state index in [1.54, 1.807) is 0 Å². The van der Waals surface area contributed by atoms with Crippen LogP contribution in [-0.2, 0) is 5.41 Å². The second kappa shape index (κ2) is 15.0. The van der Waals surface area contributed by atoms with Gasteiger partial charge in [0.15, 0.2) is 0 Å². The molecule has 0 aliphatic heterocycles. The number of hydrogen-bond donors (Lipinski definition) is 0. The van der Waals surface area contributed by atoms with Crippen molar-refractivity contribution in [2.45, 2.75) is 19.3 Å². The summed E-state index contributed by atoms with van der Waals surface area (Å²) in [5.74, 6) is 0.869. The minimum absolute atomic E-state index is 0.118. The summed E-state index contributed by atoms with van der Waals surface area (Å²) in [6.45, 7) is 4.73. The molecule has 0 saturated heterocycles. The number of nitrogens with zero attached hydrogens (tertiary/aromatic N) is 5. The molecule has 1 aliphatic carbocycles. The van der Waals surface area contributed by atoms with Gasteiger partial charge in [-0.2, -0.15) is 0 Å². The predicted octanol–water partition coefficient (Wildman–Crippen LogP) is 16.6. The van der Waals surface area contributed by atoms with Gasteiger partial charge in [0.25, 0.3) is 0 Å². The van der Waals surface area contributed by atoms with Gasteiger partial charge in [0, 0.05) is 38.9 Å². The van der Waals surface area contributed by atoms with Crippen LogP contribution in [0, 0.1) is 0 Å². The van der Waals surface area contributed by atoms with E-state index in [0.717, 1.165) is 61.8 Å². The monoisotopic (exact) mass is 883 g/mol. The zero-order valence-electron chi connectivity index (χ0n) is 38.3. The molecule has 13 aromatic rings. The van der Waals surface area contributed by atoms with Gasteiger partial charge in [-0.3, -0.25) is 8.97 Å². The van der Waals surface area contributed by atoms with E-state index in [0.29, 0.717) is 0 Å². The van der Waals surface area contributed by atoms with Gasteiger partial charge in [0.1, 0.15) is 0 Å². The molecular weight excluding hydrogens is 839 g/mol. The Hall–Kier alpha value is -8.93. The maximum atomic E-state index is 5.38. The number of fused-ring (bicyclic) bond motifs is 11. The summed E-state index contributed by atoms with van der Waals surface area (Å²) in [5.41, 5.74) is 21.9. The lowest BCUT2D eigenvalue weighted by atomic mass is 9.82. The normalized spacial score (nSPS) is 12.9. The minimum atomic E-state index is -0.118. The number of imidazole rings is 2. The highest BCUT2D eigenvalue weighted by atomic mass is 15.2. The van der Waals surface area contributed by atoms with Gasteiger partial charge in [-0.25, -0.2) is 4.98 Å². The van der Waals surface area contributed by atoms with E-state index in [1.807, 2.05) is 0 Å². The van der Waals surface area contributed by atoms with Crippen molar-refractivity contribution in [3.8, 4) is 44.8 Å². The summed E-state index contributed by atoms with van der Waals surface area (Å²) in [4.78, 5) is 7.75. The molecule has 14 rings (SSSR count). The third-order valence-corrected chi connectivity index (χ3v) is 14.6. The molecule has 10 aromatic carbocycles. The van der Waals surface area contributed by atoms with E-state index >= 15 is 0 Å². The first-order chi connectivity index (χ1) is 34.0. The fraction of sp³-hybridized carbons (Fsp3) is 0.0469. The Kier molecular flexibility index (Phi) is 8.56. The second-order valence-corrected chi connectivity index (χ2v) is 18.9. The van der Waals surface area contributed by atoms with Crippen molar-refractivity contribution in [3.05, 3.63) is 248 Å². The molecule has 0 spiro atoms. The summed E-state index contributed by atoms with van der Waals surface area (Å²) in [6, 6.07) is 86.0. The van der Waals surface area contributed by atoms with Crippen LogP contribution in [0.5, 0.6) is 0 Å². The Balaban J connectivity index is 0.979. The molecule has 0 radical (unpaired) electrons. The molecule has 3 heterocycles. The lowest BCUT2D eigenvalue weighted by molar-refractivity contribution is 0.661. The number of benzene rings is 10. The van der Waals surface area contributed by atoms with Crippen molar-refractivity contribution in [2.24, 2.45) is 0 Å². The lowest BCUT2D eigenvalue weighted by Crippen LogP contribution is -2.14. The van der Waals surface area contributed by atoms with Crippen LogP contribution >= 0.6 is 0 Å². The van der Waals surface area contributed by atoms with E-state index in [9.17, 15) is 0 Å². The molecule has 0 atom stereocenters. The number of anilines is 3. The average Bonchev–Trinajstić information content (AvgIpc) is 4.11. The van der Waals surface area contributed by atoms with Crippen molar-refractivity contribution in [1.82, 2.24) is 18.5 Å². The van der Waals surface area contributed by atoms with Crippen molar-refractivity contribution >= 4 is 66.7 Å². The predicted molar refractivity (Wildman–Crippen MR) is 287 cm³/mol. The van der Waals surface area contributed by atoms with Gasteiger partial charge in [-0.1, -0.05) is 159 Å². The van der Waals surface area contributed by atoms with Crippen LogP contribution < -0.4 is 4.90 Å². The molecule has 3 aromatic heterocycles. The Morgan fingerprint density at radius 1 is 0.362 bits per heavy atom. The zero-order valence-corrected chi connectivity index (χ0v) is 38.3. The molecule has 0 N–H and O–H groups in total. The van der Waals surface area contributed by atoms with Crippen LogP contribution in [0.2, 0.25) is 0 Å². The fourth-order valence-electron chi connectivity index (χ4n) is 11.3. The average molecular weight is 884 g/mol. The molecule has 0 amide bonds. The number of aromatic nitrogens is 4. The smallest absolute Gasteiger partial charge is 0.220 e. The fourth-order valence-corrected chi connectivity index (χ4v) is 11.3. The first kappa shape index (κ1) is 39.3. The van der Waals surface area contributed by atoms with Crippen LogP contribution in [0.25, 0.3) is 94.4 Å². The molecule has 5 nitrogen and oxygen atoms in total. The van der Waals surface area contributed by atoms with E-state index in [1.165, 1.54) is 60.8 Å². The van der Waals surface area contributed by atoms with Gasteiger partial charge in [0.05, 0.1) is 38.8 Å². The standard InChI is InChI=1S/C64H45N5/c1-64(2)55-23-13-12-22-51(55)53-40-54-52-36-34-50(38-60(52)67(61(54)41-56(53)64)46-20-10-5-11-21-46)68-59-37-35-49(39-62(59)69-58-25-15-14-24-57(58)65-63(68)69)66(47-30-26-44(27-31-47)42-16-6-3-7-17-42)48-32-28-45(29-33-48)43-18-8-4-9-19-43/h3-41H,1-2H3. The quantitative estimate of drug-likeness (QED) is 0.160. The molecule has 326 valence electrons. The minimum Gasteiger partial charge on any atom is -0.310 e. The largest absolute Gasteiger partial charge is 0.310 e. The topological polar surface area (TPSA) is 30.4 Å². The summed E-state index contributed by atoms with van der Waals surface area (Å²) < 4.78 is 7.14. The summed E-state index contributed by atoms with van der Waals surface area (Å²) in [5, 5.41) is 2.47. The van der Waals surface area contributed by atoms with Crippen molar-refractivity contribution < 1.29 is 0 Å². The molecule has 0 fully saturated rings. The Bertz CT molecular complexity index is 4040. The highest BCUT2D eigenvalue weighted by molar-refractivity contribution is 6.12. The molecule has 0 saturated carbocycles. The highest BCUT2D eigenvalue weighted by Crippen LogP contribution is 2.51. The van der Waals surface area contributed by atoms with Gasteiger partial charge in [0.2, 0.25) is 5.78 Å². The van der Waals surface area contributed by atoms with E-state index < -0.39 is 0 Å². The SMILES string of the molecule is CC1(C)c2ccccc2-c2cc3c4ccc(-n5c6ccc(N(c7ccc(-c8ccccc8)cc7)c7ccc(-c8ccccc8)cc7)cc6n6c7ccccc7nc56)cc4n(-c4ccccc4)c3cc21. The van der Waals surface area contributed by atoms with E-state index in [2.05, 4.69) is 269 Å². The maximum absolute atomic E-state index is 5.38. The van der Waals surface area contributed by atoms with E-state index in [4.69, 9.17) is 4.98 Å². The zero-order chi connectivity index (χ0) is 45.8. The lowest BCUT2D eigenvalue weighted by Gasteiger charge is -2.26. The third kappa shape index (κ3) is 6.00. The third-order valence-electron chi connectivity index (χ3n) is 14.6. The number of rotatable bonds is 7. The van der Waals surface area contributed by atoms with Gasteiger partial charge in [-0.15, -0.1) is 0 Å². The Labute approximate surface area is 400 Å². The number of para-hydroxylation sites is 3. The number of hydrogen-bond acceptors (Lipinski definition) is 2. The van der Waals surface area contributed by atoms with Crippen LogP contribution in [-0.4, -0.2) is 18.5 Å².